The molecule has 26 heavy (non-hydrogen) atoms. The van der Waals surface area contributed by atoms with Crippen LogP contribution in [0.15, 0.2) is 29.3 Å². The molecular weight excluding hydrogens is 324 g/mol. The quantitative estimate of drug-likeness (QED) is 0.523. The molecule has 0 radical (unpaired) electrons. The maximum absolute atomic E-state index is 5.62. The summed E-state index contributed by atoms with van der Waals surface area (Å²) in [6.45, 7) is 15.0. The van der Waals surface area contributed by atoms with Crippen LogP contribution in [0, 0.1) is 5.41 Å². The van der Waals surface area contributed by atoms with Crippen LogP contribution in [-0.4, -0.2) is 50.8 Å². The Morgan fingerprint density at radius 3 is 2.46 bits per heavy atom. The zero-order valence-electron chi connectivity index (χ0n) is 17.7. The fourth-order valence-corrected chi connectivity index (χ4v) is 2.69. The van der Waals surface area contributed by atoms with Crippen LogP contribution in [0.25, 0.3) is 0 Å². The van der Waals surface area contributed by atoms with Crippen LogP contribution in [-0.2, 0) is 17.8 Å². The van der Waals surface area contributed by atoms with Crippen molar-refractivity contribution in [3.05, 3.63) is 35.4 Å². The van der Waals surface area contributed by atoms with Crippen LogP contribution in [0.5, 0.6) is 0 Å². The van der Waals surface area contributed by atoms with Gasteiger partial charge >= 0.3 is 0 Å². The second kappa shape index (κ2) is 11.2. The van der Waals surface area contributed by atoms with E-state index < -0.39 is 0 Å². The van der Waals surface area contributed by atoms with Crippen molar-refractivity contribution < 1.29 is 4.74 Å². The van der Waals surface area contributed by atoms with Crippen molar-refractivity contribution in [1.29, 1.82) is 0 Å². The van der Waals surface area contributed by atoms with Crippen LogP contribution < -0.4 is 10.6 Å². The summed E-state index contributed by atoms with van der Waals surface area (Å²) in [5.41, 5.74) is 2.63. The third-order valence-corrected chi connectivity index (χ3v) is 4.45. The van der Waals surface area contributed by atoms with E-state index in [1.807, 2.05) is 0 Å². The smallest absolute Gasteiger partial charge is 0.191 e. The Morgan fingerprint density at radius 2 is 1.88 bits per heavy atom. The topological polar surface area (TPSA) is 48.9 Å². The van der Waals surface area contributed by atoms with Crippen LogP contribution in [0.2, 0.25) is 0 Å². The molecular formula is C21H38N4O. The molecule has 0 amide bonds. The molecule has 0 aliphatic rings. The van der Waals surface area contributed by atoms with Crippen molar-refractivity contribution in [2.45, 2.75) is 53.8 Å². The van der Waals surface area contributed by atoms with E-state index in [4.69, 9.17) is 9.73 Å². The van der Waals surface area contributed by atoms with Crippen molar-refractivity contribution >= 4 is 5.96 Å². The van der Waals surface area contributed by atoms with Crippen molar-refractivity contribution in [1.82, 2.24) is 15.5 Å². The highest BCUT2D eigenvalue weighted by atomic mass is 16.5. The van der Waals surface area contributed by atoms with Gasteiger partial charge in [-0.1, -0.05) is 52.0 Å². The Balaban J connectivity index is 2.72. The van der Waals surface area contributed by atoms with E-state index in [9.17, 15) is 0 Å². The van der Waals surface area contributed by atoms with Gasteiger partial charge in [-0.05, 0) is 37.1 Å². The molecule has 0 aliphatic carbocycles. The summed E-state index contributed by atoms with van der Waals surface area (Å²) < 4.78 is 5.62. The number of aliphatic imine (C=N–C) groups is 1. The molecule has 148 valence electrons. The number of nitrogens with zero attached hydrogens (tertiary/aromatic N) is 2. The molecule has 0 bridgehead atoms. The Morgan fingerprint density at radius 1 is 1.19 bits per heavy atom. The first-order valence-electron chi connectivity index (χ1n) is 9.61. The van der Waals surface area contributed by atoms with E-state index >= 15 is 0 Å². The third-order valence-electron chi connectivity index (χ3n) is 4.45. The van der Waals surface area contributed by atoms with Gasteiger partial charge in [-0.2, -0.15) is 0 Å². The van der Waals surface area contributed by atoms with E-state index in [0.29, 0.717) is 6.54 Å². The summed E-state index contributed by atoms with van der Waals surface area (Å²) in [6.07, 6.45) is 0.124. The Kier molecular flexibility index (Phi) is 9.66. The number of hydrogen-bond donors (Lipinski definition) is 2. The molecule has 1 unspecified atom stereocenters. The predicted octanol–water partition coefficient (Wildman–Crippen LogP) is 3.25. The van der Waals surface area contributed by atoms with Gasteiger partial charge in [0.25, 0.3) is 0 Å². The number of nitrogens with one attached hydrogen (secondary N) is 2. The predicted molar refractivity (Wildman–Crippen MR) is 112 cm³/mol. The molecule has 1 atom stereocenters. The molecule has 0 aliphatic heterocycles. The molecule has 0 heterocycles. The summed E-state index contributed by atoms with van der Waals surface area (Å²) in [7, 11) is 3.90. The van der Waals surface area contributed by atoms with Gasteiger partial charge in [-0.3, -0.25) is 0 Å². The summed E-state index contributed by atoms with van der Waals surface area (Å²) in [6, 6.07) is 8.67. The summed E-state index contributed by atoms with van der Waals surface area (Å²) in [4.78, 5) is 7.03. The number of benzene rings is 1. The van der Waals surface area contributed by atoms with Gasteiger partial charge in [0.2, 0.25) is 0 Å². The van der Waals surface area contributed by atoms with Crippen LogP contribution in [0.3, 0.4) is 0 Å². The zero-order chi connectivity index (χ0) is 19.6. The molecule has 1 rings (SSSR count). The van der Waals surface area contributed by atoms with Gasteiger partial charge < -0.3 is 20.3 Å². The molecule has 0 saturated heterocycles. The van der Waals surface area contributed by atoms with Crippen molar-refractivity contribution in [3.63, 3.8) is 0 Å². The highest BCUT2D eigenvalue weighted by molar-refractivity contribution is 5.79. The molecule has 2 N–H and O–H groups in total. The minimum Gasteiger partial charge on any atom is -0.379 e. The average molecular weight is 363 g/mol. The van der Waals surface area contributed by atoms with Crippen LogP contribution in [0.4, 0.5) is 0 Å². The third kappa shape index (κ3) is 8.19. The van der Waals surface area contributed by atoms with E-state index in [0.717, 1.165) is 32.1 Å². The fourth-order valence-electron chi connectivity index (χ4n) is 2.69. The average Bonchev–Trinajstić information content (AvgIpc) is 2.59. The SMILES string of the molecule is CCNC(=NCc1cccc(CN(C)CC)c1)NCC(OC)C(C)(C)C. The van der Waals surface area contributed by atoms with Crippen LogP contribution >= 0.6 is 0 Å². The number of rotatable bonds is 9. The molecule has 0 saturated carbocycles. The molecule has 0 fully saturated rings. The summed E-state index contributed by atoms with van der Waals surface area (Å²) >= 11 is 0. The first kappa shape index (κ1) is 22.5. The lowest BCUT2D eigenvalue weighted by molar-refractivity contribution is 0.0205. The number of methoxy groups -OCH3 is 1. The normalized spacial score (nSPS) is 13.8. The fraction of sp³-hybridized carbons (Fsp3) is 0.667. The standard InChI is InChI=1S/C21H38N4O/c1-8-22-20(24-15-19(26-7)21(3,4)5)23-14-17-11-10-12-18(13-17)16-25(6)9-2/h10-13,19H,8-9,14-16H2,1-7H3,(H2,22,23,24). The van der Waals surface area contributed by atoms with Crippen LogP contribution in [0.1, 0.15) is 45.7 Å². The first-order valence-corrected chi connectivity index (χ1v) is 9.61. The van der Waals surface area contributed by atoms with Crippen molar-refractivity contribution in [3.8, 4) is 0 Å². The minimum atomic E-state index is 0.0821. The lowest BCUT2D eigenvalue weighted by Crippen LogP contribution is -2.45. The second-order valence-electron chi connectivity index (χ2n) is 7.82. The zero-order valence-corrected chi connectivity index (χ0v) is 17.7. The van der Waals surface area contributed by atoms with Crippen molar-refractivity contribution in [2.24, 2.45) is 10.4 Å². The number of ether oxygens (including phenoxy) is 1. The van der Waals surface area contributed by atoms with Gasteiger partial charge in [-0.15, -0.1) is 0 Å². The first-order chi connectivity index (χ1) is 12.3. The molecule has 1 aromatic rings. The summed E-state index contributed by atoms with van der Waals surface area (Å²) in [5, 5.41) is 6.72. The van der Waals surface area contributed by atoms with Gasteiger partial charge in [0, 0.05) is 26.7 Å². The van der Waals surface area contributed by atoms with E-state index in [1.54, 1.807) is 7.11 Å². The van der Waals surface area contributed by atoms with Gasteiger partial charge in [0.05, 0.1) is 12.6 Å². The van der Waals surface area contributed by atoms with Gasteiger partial charge in [0.15, 0.2) is 5.96 Å². The molecule has 0 aromatic heterocycles. The Labute approximate surface area is 160 Å². The van der Waals surface area contributed by atoms with Gasteiger partial charge in [0.1, 0.15) is 0 Å². The minimum absolute atomic E-state index is 0.0821. The Bertz CT molecular complexity index is 551. The molecule has 1 aromatic carbocycles. The lowest BCUT2D eigenvalue weighted by atomic mass is 9.89. The monoisotopic (exact) mass is 362 g/mol. The molecule has 5 heteroatoms. The lowest BCUT2D eigenvalue weighted by Gasteiger charge is -2.30. The summed E-state index contributed by atoms with van der Waals surface area (Å²) in [5.74, 6) is 0.829. The second-order valence-corrected chi connectivity index (χ2v) is 7.82. The van der Waals surface area contributed by atoms with E-state index in [2.05, 4.69) is 81.5 Å². The van der Waals surface area contributed by atoms with Crippen molar-refractivity contribution in [2.75, 3.05) is 33.8 Å². The molecule has 5 nitrogen and oxygen atoms in total. The Hall–Kier alpha value is -1.59. The van der Waals surface area contributed by atoms with Gasteiger partial charge in [-0.25, -0.2) is 4.99 Å². The highest BCUT2D eigenvalue weighted by Gasteiger charge is 2.24. The number of hydrogen-bond acceptors (Lipinski definition) is 3. The molecule has 0 spiro atoms. The number of guanidine groups is 1. The van der Waals surface area contributed by atoms with E-state index in [-0.39, 0.29) is 11.5 Å². The maximum atomic E-state index is 5.62. The highest BCUT2D eigenvalue weighted by Crippen LogP contribution is 2.20. The van der Waals surface area contributed by atoms with E-state index in [1.165, 1.54) is 11.1 Å². The maximum Gasteiger partial charge on any atom is 0.191 e. The largest absolute Gasteiger partial charge is 0.379 e.